The number of rotatable bonds is 5. The summed E-state index contributed by atoms with van der Waals surface area (Å²) >= 11 is 13.1. The number of imide groups is 1. The molecule has 0 saturated carbocycles. The van der Waals surface area contributed by atoms with Crippen LogP contribution in [0.5, 0.6) is 5.75 Å². The molecule has 156 valence electrons. The highest BCUT2D eigenvalue weighted by atomic mass is 35.5. The van der Waals surface area contributed by atoms with Gasteiger partial charge in [-0.1, -0.05) is 35.0 Å². The van der Waals surface area contributed by atoms with Crippen molar-refractivity contribution in [2.45, 2.75) is 18.6 Å². The van der Waals surface area contributed by atoms with Gasteiger partial charge in [0, 0.05) is 11.4 Å². The van der Waals surface area contributed by atoms with Crippen molar-refractivity contribution >= 4 is 63.3 Å². The van der Waals surface area contributed by atoms with Crippen LogP contribution >= 0.6 is 35.0 Å². The summed E-state index contributed by atoms with van der Waals surface area (Å²) in [5.74, 6) is -0.0746. The third kappa shape index (κ3) is 4.95. The Labute approximate surface area is 187 Å². The van der Waals surface area contributed by atoms with Gasteiger partial charge in [-0.05, 0) is 55.0 Å². The van der Waals surface area contributed by atoms with E-state index in [1.165, 1.54) is 12.1 Å². The van der Waals surface area contributed by atoms with Crippen molar-refractivity contribution in [1.29, 1.82) is 0 Å². The molecule has 0 bridgehead atoms. The van der Waals surface area contributed by atoms with E-state index < -0.39 is 11.2 Å². The van der Waals surface area contributed by atoms with E-state index >= 15 is 0 Å². The lowest BCUT2D eigenvalue weighted by atomic mass is 10.1. The molecule has 1 aliphatic heterocycles. The highest BCUT2D eigenvalue weighted by molar-refractivity contribution is 8.14. The first-order chi connectivity index (χ1) is 14.3. The smallest absolute Gasteiger partial charge is 0.247 e. The topological polar surface area (TPSA) is 97.3 Å². The zero-order valence-corrected chi connectivity index (χ0v) is 18.5. The summed E-state index contributed by atoms with van der Waals surface area (Å²) < 4.78 is 5.12. The molecule has 0 aromatic heterocycles. The van der Waals surface area contributed by atoms with E-state index in [2.05, 4.69) is 10.2 Å². The Bertz CT molecular complexity index is 1040. The van der Waals surface area contributed by atoms with Crippen molar-refractivity contribution in [3.05, 3.63) is 58.1 Å². The van der Waals surface area contributed by atoms with Crippen molar-refractivity contribution in [2.75, 3.05) is 12.0 Å². The summed E-state index contributed by atoms with van der Waals surface area (Å²) in [6.45, 7) is 1.79. The normalized spacial score (nSPS) is 17.6. The summed E-state index contributed by atoms with van der Waals surface area (Å²) in [7, 11) is 1.59. The average molecular weight is 465 g/mol. The molecule has 10 heteroatoms. The zero-order valence-electron chi connectivity index (χ0n) is 16.1. The molecule has 1 aliphatic rings. The van der Waals surface area contributed by atoms with E-state index in [0.29, 0.717) is 10.7 Å². The molecule has 3 rings (SSSR count). The molecular formula is C20H18Cl2N4O3S. The van der Waals surface area contributed by atoms with Gasteiger partial charge in [0.25, 0.3) is 0 Å². The number of anilines is 1. The summed E-state index contributed by atoms with van der Waals surface area (Å²) in [5, 5.41) is 8.08. The molecule has 1 fully saturated rings. The molecule has 1 atom stereocenters. The average Bonchev–Trinajstić information content (AvgIpc) is 3.01. The fourth-order valence-corrected chi connectivity index (χ4v) is 3.97. The molecule has 2 N–H and O–H groups in total. The van der Waals surface area contributed by atoms with E-state index in [0.717, 1.165) is 28.0 Å². The van der Waals surface area contributed by atoms with Crippen molar-refractivity contribution in [2.24, 2.45) is 15.9 Å². The Morgan fingerprint density at radius 3 is 2.53 bits per heavy atom. The van der Waals surface area contributed by atoms with Crippen LogP contribution in [0, 0.1) is 0 Å². The van der Waals surface area contributed by atoms with Gasteiger partial charge in [0.15, 0.2) is 5.17 Å². The number of methoxy groups -OCH3 is 1. The highest BCUT2D eigenvalue weighted by Crippen LogP contribution is 2.35. The van der Waals surface area contributed by atoms with Crippen LogP contribution in [0.3, 0.4) is 0 Å². The van der Waals surface area contributed by atoms with Gasteiger partial charge in [0.05, 0.1) is 23.5 Å². The quantitative estimate of drug-likeness (QED) is 0.310. The van der Waals surface area contributed by atoms with Gasteiger partial charge in [-0.25, -0.2) is 4.90 Å². The summed E-state index contributed by atoms with van der Waals surface area (Å²) in [4.78, 5) is 26.2. The predicted molar refractivity (Wildman–Crippen MR) is 122 cm³/mol. The number of halogens is 2. The molecule has 0 radical (unpaired) electrons. The number of ether oxygens (including phenoxy) is 1. The SMILES string of the molecule is COc1ccc(/C(C)=N/N=C(N)SC2CC(=O)N(c3cc(Cl)ccc3Cl)C2=O)cc1. The fourth-order valence-electron chi connectivity index (χ4n) is 2.79. The second-order valence-corrected chi connectivity index (χ2v) is 8.39. The molecule has 2 aromatic rings. The number of thioether (sulfide) groups is 1. The van der Waals surface area contributed by atoms with E-state index in [9.17, 15) is 9.59 Å². The first-order valence-corrected chi connectivity index (χ1v) is 10.4. The van der Waals surface area contributed by atoms with E-state index in [4.69, 9.17) is 33.7 Å². The van der Waals surface area contributed by atoms with Gasteiger partial charge in [-0.15, -0.1) is 5.10 Å². The van der Waals surface area contributed by atoms with Gasteiger partial charge in [-0.2, -0.15) is 5.10 Å². The van der Waals surface area contributed by atoms with Gasteiger partial charge in [-0.3, -0.25) is 9.59 Å². The van der Waals surface area contributed by atoms with Crippen molar-refractivity contribution in [3.63, 3.8) is 0 Å². The molecule has 1 heterocycles. The number of nitrogens with two attached hydrogens (primary N) is 1. The number of hydrogen-bond donors (Lipinski definition) is 1. The number of hydrogen-bond acceptors (Lipinski definition) is 6. The number of amidine groups is 1. The Balaban J connectivity index is 1.71. The largest absolute Gasteiger partial charge is 0.497 e. The monoisotopic (exact) mass is 464 g/mol. The van der Waals surface area contributed by atoms with Crippen LogP contribution in [0.15, 0.2) is 52.7 Å². The van der Waals surface area contributed by atoms with Gasteiger partial charge >= 0.3 is 0 Å². The maximum absolute atomic E-state index is 12.8. The number of nitrogens with zero attached hydrogens (tertiary/aromatic N) is 3. The van der Waals surface area contributed by atoms with Gasteiger partial charge < -0.3 is 10.5 Å². The minimum Gasteiger partial charge on any atom is -0.497 e. The minimum atomic E-state index is -0.715. The van der Waals surface area contributed by atoms with E-state index in [1.807, 2.05) is 24.3 Å². The zero-order chi connectivity index (χ0) is 21.8. The Morgan fingerprint density at radius 1 is 1.17 bits per heavy atom. The van der Waals surface area contributed by atoms with Crippen LogP contribution in [0.2, 0.25) is 10.0 Å². The lowest BCUT2D eigenvalue weighted by Crippen LogP contribution is -2.32. The fraction of sp³-hybridized carbons (Fsp3) is 0.200. The molecule has 0 aliphatic carbocycles. The molecule has 1 saturated heterocycles. The summed E-state index contributed by atoms with van der Waals surface area (Å²) in [6, 6.07) is 11.9. The van der Waals surface area contributed by atoms with E-state index in [-0.39, 0.29) is 28.2 Å². The number of carbonyl (C=O) groups is 2. The molecule has 7 nitrogen and oxygen atoms in total. The van der Waals surface area contributed by atoms with E-state index in [1.54, 1.807) is 20.1 Å². The first-order valence-electron chi connectivity index (χ1n) is 8.80. The molecule has 1 unspecified atom stereocenters. The van der Waals surface area contributed by atoms with Crippen molar-refractivity contribution in [1.82, 2.24) is 0 Å². The van der Waals surface area contributed by atoms with Crippen LogP contribution in [0.25, 0.3) is 0 Å². The standard InChI is InChI=1S/C20H18Cl2N4O3S/c1-11(12-3-6-14(29-2)7-4-12)24-25-20(23)30-17-10-18(27)26(19(17)28)16-9-13(21)5-8-15(16)22/h3-9,17H,10H2,1-2H3,(H2,23,25)/b24-11+. The van der Waals surface area contributed by atoms with Crippen LogP contribution in [-0.2, 0) is 9.59 Å². The maximum atomic E-state index is 12.8. The highest BCUT2D eigenvalue weighted by Gasteiger charge is 2.41. The third-order valence-electron chi connectivity index (χ3n) is 4.32. The first kappa shape index (κ1) is 22.1. The Hall–Kier alpha value is -2.55. The lowest BCUT2D eigenvalue weighted by molar-refractivity contribution is -0.121. The lowest BCUT2D eigenvalue weighted by Gasteiger charge is -2.16. The predicted octanol–water partition coefficient (Wildman–Crippen LogP) is 4.11. The molecule has 0 spiro atoms. The maximum Gasteiger partial charge on any atom is 0.247 e. The second-order valence-electron chi connectivity index (χ2n) is 6.33. The van der Waals surface area contributed by atoms with Crippen molar-refractivity contribution < 1.29 is 14.3 Å². The van der Waals surface area contributed by atoms with Crippen LogP contribution in [-0.4, -0.2) is 35.1 Å². The van der Waals surface area contributed by atoms with Crippen LogP contribution < -0.4 is 15.4 Å². The Morgan fingerprint density at radius 2 is 1.87 bits per heavy atom. The Kier molecular flexibility index (Phi) is 7.02. The molecule has 30 heavy (non-hydrogen) atoms. The number of amides is 2. The van der Waals surface area contributed by atoms with Gasteiger partial charge in [0.2, 0.25) is 11.8 Å². The molecule has 2 aromatic carbocycles. The van der Waals surface area contributed by atoms with Crippen LogP contribution in [0.1, 0.15) is 18.9 Å². The molecule has 2 amide bonds. The summed E-state index contributed by atoms with van der Waals surface area (Å²) in [6.07, 6.45) is -0.0241. The molecular weight excluding hydrogens is 447 g/mol. The third-order valence-corrected chi connectivity index (χ3v) is 5.85. The minimum absolute atomic E-state index is 0.0241. The van der Waals surface area contributed by atoms with Crippen molar-refractivity contribution in [3.8, 4) is 5.75 Å². The van der Waals surface area contributed by atoms with Gasteiger partial charge in [0.1, 0.15) is 11.0 Å². The number of carbonyl (C=O) groups excluding carboxylic acids is 2. The van der Waals surface area contributed by atoms with Crippen LogP contribution in [0.4, 0.5) is 5.69 Å². The number of benzene rings is 2. The summed E-state index contributed by atoms with van der Waals surface area (Å²) in [5.41, 5.74) is 7.68. The second kappa shape index (κ2) is 9.51.